The lowest BCUT2D eigenvalue weighted by Gasteiger charge is -2.18. The number of rotatable bonds is 6. The van der Waals surface area contributed by atoms with Gasteiger partial charge in [0.1, 0.15) is 0 Å². The molecule has 0 aromatic carbocycles. The third kappa shape index (κ3) is 4.62. The maximum atomic E-state index is 5.16. The third-order valence-electron chi connectivity index (χ3n) is 2.08. The van der Waals surface area contributed by atoms with E-state index in [0.29, 0.717) is 6.04 Å². The molecule has 0 spiro atoms. The van der Waals surface area contributed by atoms with Crippen LogP contribution in [0.2, 0.25) is 0 Å². The van der Waals surface area contributed by atoms with E-state index < -0.39 is 0 Å². The van der Waals surface area contributed by atoms with Gasteiger partial charge in [0.2, 0.25) is 0 Å². The van der Waals surface area contributed by atoms with Gasteiger partial charge in [-0.25, -0.2) is 0 Å². The van der Waals surface area contributed by atoms with Crippen LogP contribution in [0, 0.1) is 0 Å². The van der Waals surface area contributed by atoms with E-state index in [4.69, 9.17) is 4.74 Å². The van der Waals surface area contributed by atoms with Gasteiger partial charge in [-0.3, -0.25) is 4.98 Å². The summed E-state index contributed by atoms with van der Waals surface area (Å²) in [6.45, 7) is 2.89. The summed E-state index contributed by atoms with van der Waals surface area (Å²) in [5, 5.41) is 3.40. The van der Waals surface area contributed by atoms with Crippen LogP contribution < -0.4 is 5.32 Å². The van der Waals surface area contributed by atoms with Crippen molar-refractivity contribution in [2.75, 3.05) is 19.0 Å². The first kappa shape index (κ1) is 12.5. The van der Waals surface area contributed by atoms with Crippen LogP contribution in [0.5, 0.6) is 0 Å². The first-order valence-electron chi connectivity index (χ1n) is 5.12. The molecule has 0 saturated carbocycles. The largest absolute Gasteiger partial charge is 0.383 e. The van der Waals surface area contributed by atoms with Crippen LogP contribution in [-0.4, -0.2) is 24.7 Å². The molecule has 1 N–H and O–H groups in total. The molecule has 0 fully saturated rings. The molecule has 0 amide bonds. The van der Waals surface area contributed by atoms with Crippen molar-refractivity contribution in [3.63, 3.8) is 0 Å². The molecule has 0 aliphatic carbocycles. The molecule has 1 unspecified atom stereocenters. The minimum absolute atomic E-state index is 0.357. The van der Waals surface area contributed by atoms with Crippen molar-refractivity contribution >= 4 is 21.6 Å². The van der Waals surface area contributed by atoms with Crippen LogP contribution in [0.3, 0.4) is 0 Å². The normalized spacial score (nSPS) is 12.5. The zero-order valence-corrected chi connectivity index (χ0v) is 10.8. The Balaban J connectivity index is 2.56. The van der Waals surface area contributed by atoms with Crippen LogP contribution in [0.4, 0.5) is 5.69 Å². The van der Waals surface area contributed by atoms with Crippen LogP contribution in [-0.2, 0) is 4.74 Å². The molecule has 1 aromatic rings. The Labute approximate surface area is 99.4 Å². The van der Waals surface area contributed by atoms with Gasteiger partial charge in [0.05, 0.1) is 18.5 Å². The Morgan fingerprint density at radius 1 is 1.53 bits per heavy atom. The topological polar surface area (TPSA) is 34.1 Å². The van der Waals surface area contributed by atoms with Crippen molar-refractivity contribution in [3.05, 3.63) is 22.9 Å². The lowest BCUT2D eigenvalue weighted by atomic mass is 10.2. The molecule has 1 aromatic heterocycles. The van der Waals surface area contributed by atoms with E-state index in [2.05, 4.69) is 33.2 Å². The average molecular weight is 273 g/mol. The van der Waals surface area contributed by atoms with Gasteiger partial charge in [0, 0.05) is 23.8 Å². The van der Waals surface area contributed by atoms with Crippen molar-refractivity contribution in [3.8, 4) is 0 Å². The highest BCUT2D eigenvalue weighted by Gasteiger charge is 2.07. The Hall–Kier alpha value is -0.610. The smallest absolute Gasteiger partial charge is 0.0664 e. The molecule has 1 atom stereocenters. The second-order valence-electron chi connectivity index (χ2n) is 3.48. The van der Waals surface area contributed by atoms with Gasteiger partial charge in [0.25, 0.3) is 0 Å². The fourth-order valence-electron chi connectivity index (χ4n) is 1.47. The maximum Gasteiger partial charge on any atom is 0.0664 e. The monoisotopic (exact) mass is 272 g/mol. The summed E-state index contributed by atoms with van der Waals surface area (Å²) in [5.41, 5.74) is 1.03. The van der Waals surface area contributed by atoms with Gasteiger partial charge in [-0.1, -0.05) is 13.3 Å². The highest BCUT2D eigenvalue weighted by atomic mass is 79.9. The molecule has 4 heteroatoms. The second kappa shape index (κ2) is 6.80. The molecule has 0 aliphatic heterocycles. The van der Waals surface area contributed by atoms with Gasteiger partial charge in [0.15, 0.2) is 0 Å². The number of nitrogens with one attached hydrogen (secondary N) is 1. The molecule has 84 valence electrons. The van der Waals surface area contributed by atoms with E-state index in [0.717, 1.165) is 29.6 Å². The van der Waals surface area contributed by atoms with E-state index in [1.807, 2.05) is 12.3 Å². The van der Waals surface area contributed by atoms with Crippen LogP contribution in [0.1, 0.15) is 19.8 Å². The zero-order chi connectivity index (χ0) is 11.1. The molecule has 0 bridgehead atoms. The summed E-state index contributed by atoms with van der Waals surface area (Å²) in [6.07, 6.45) is 5.84. The number of anilines is 1. The molecular weight excluding hydrogens is 256 g/mol. The summed E-state index contributed by atoms with van der Waals surface area (Å²) >= 11 is 3.40. The molecule has 15 heavy (non-hydrogen) atoms. The number of hydrogen-bond donors (Lipinski definition) is 1. The molecule has 3 nitrogen and oxygen atoms in total. The van der Waals surface area contributed by atoms with E-state index in [1.54, 1.807) is 13.3 Å². The Morgan fingerprint density at radius 3 is 2.93 bits per heavy atom. The zero-order valence-electron chi connectivity index (χ0n) is 9.16. The Bertz CT molecular complexity index is 288. The fourth-order valence-corrected chi connectivity index (χ4v) is 1.84. The highest BCUT2D eigenvalue weighted by molar-refractivity contribution is 9.10. The average Bonchev–Trinajstić information content (AvgIpc) is 2.18. The van der Waals surface area contributed by atoms with Gasteiger partial charge in [-0.15, -0.1) is 0 Å². The number of hydrogen-bond acceptors (Lipinski definition) is 3. The summed E-state index contributed by atoms with van der Waals surface area (Å²) < 4.78 is 6.15. The predicted octanol–water partition coefficient (Wildman–Crippen LogP) is 3.07. The summed E-state index contributed by atoms with van der Waals surface area (Å²) in [4.78, 5) is 4.11. The number of pyridine rings is 1. The van der Waals surface area contributed by atoms with E-state index in [-0.39, 0.29) is 0 Å². The lowest BCUT2D eigenvalue weighted by Crippen LogP contribution is -2.24. The van der Waals surface area contributed by atoms with E-state index >= 15 is 0 Å². The van der Waals surface area contributed by atoms with Crippen molar-refractivity contribution in [2.24, 2.45) is 0 Å². The molecule has 1 heterocycles. The lowest BCUT2D eigenvalue weighted by molar-refractivity contribution is 0.182. The molecule has 0 saturated heterocycles. The van der Waals surface area contributed by atoms with Crippen LogP contribution in [0.25, 0.3) is 0 Å². The fraction of sp³-hybridized carbons (Fsp3) is 0.545. The molecule has 0 radical (unpaired) electrons. The number of aromatic nitrogens is 1. The standard InChI is InChI=1S/C11H17BrN2O/c1-3-4-10(8-15-2)14-11-5-9(12)6-13-7-11/h5-7,10,14H,3-4,8H2,1-2H3. The summed E-state index contributed by atoms with van der Waals surface area (Å²) in [6, 6.07) is 2.38. The van der Waals surface area contributed by atoms with Crippen molar-refractivity contribution in [2.45, 2.75) is 25.8 Å². The first-order chi connectivity index (χ1) is 7.26. The summed E-state index contributed by atoms with van der Waals surface area (Å²) in [7, 11) is 1.73. The first-order valence-corrected chi connectivity index (χ1v) is 5.91. The predicted molar refractivity (Wildman–Crippen MR) is 66.1 cm³/mol. The summed E-state index contributed by atoms with van der Waals surface area (Å²) in [5.74, 6) is 0. The molecule has 1 rings (SSSR count). The van der Waals surface area contributed by atoms with Gasteiger partial charge in [-0.2, -0.15) is 0 Å². The van der Waals surface area contributed by atoms with Crippen molar-refractivity contribution in [1.82, 2.24) is 4.98 Å². The molecule has 0 aliphatic rings. The van der Waals surface area contributed by atoms with Crippen molar-refractivity contribution < 1.29 is 4.74 Å². The minimum Gasteiger partial charge on any atom is -0.383 e. The van der Waals surface area contributed by atoms with E-state index in [1.165, 1.54) is 0 Å². The number of halogens is 1. The van der Waals surface area contributed by atoms with Crippen molar-refractivity contribution in [1.29, 1.82) is 0 Å². The maximum absolute atomic E-state index is 5.16. The van der Waals surface area contributed by atoms with Crippen LogP contribution in [0.15, 0.2) is 22.9 Å². The minimum atomic E-state index is 0.357. The van der Waals surface area contributed by atoms with Gasteiger partial charge >= 0.3 is 0 Å². The quantitative estimate of drug-likeness (QED) is 0.864. The number of ether oxygens (including phenoxy) is 1. The second-order valence-corrected chi connectivity index (χ2v) is 4.39. The van der Waals surface area contributed by atoms with Crippen LogP contribution >= 0.6 is 15.9 Å². The third-order valence-corrected chi connectivity index (χ3v) is 2.51. The van der Waals surface area contributed by atoms with Gasteiger partial charge < -0.3 is 10.1 Å². The SMILES string of the molecule is CCCC(COC)Nc1cncc(Br)c1. The molecular formula is C11H17BrN2O. The Kier molecular flexibility index (Phi) is 5.65. The Morgan fingerprint density at radius 2 is 2.33 bits per heavy atom. The van der Waals surface area contributed by atoms with Gasteiger partial charge in [-0.05, 0) is 28.4 Å². The highest BCUT2D eigenvalue weighted by Crippen LogP contribution is 2.15. The van der Waals surface area contributed by atoms with E-state index in [9.17, 15) is 0 Å². The number of methoxy groups -OCH3 is 1. The number of nitrogens with zero attached hydrogens (tertiary/aromatic N) is 1.